The molecule has 0 aliphatic heterocycles. The van der Waals surface area contributed by atoms with E-state index in [1.807, 2.05) is 38.1 Å². The lowest BCUT2D eigenvalue weighted by Gasteiger charge is -2.18. The molecule has 0 aromatic heterocycles. The molecule has 1 aromatic rings. The van der Waals surface area contributed by atoms with E-state index >= 15 is 0 Å². The van der Waals surface area contributed by atoms with Crippen LogP contribution in [0.1, 0.15) is 27.7 Å². The second-order valence-electron chi connectivity index (χ2n) is 5.66. The van der Waals surface area contributed by atoms with E-state index in [0.29, 0.717) is 6.61 Å². The fraction of sp³-hybridized carbons (Fsp3) is 0.588. The maximum atomic E-state index is 11.9. The maximum Gasteiger partial charge on any atom is 0.241 e. The fourth-order valence-corrected chi connectivity index (χ4v) is 2.00. The summed E-state index contributed by atoms with van der Waals surface area (Å²) in [7, 11) is 0. The third kappa shape index (κ3) is 6.03. The van der Waals surface area contributed by atoms with Gasteiger partial charge in [0.1, 0.15) is 12.4 Å². The van der Waals surface area contributed by atoms with Gasteiger partial charge in [0, 0.05) is 12.2 Å². The van der Waals surface area contributed by atoms with Crippen molar-refractivity contribution in [2.75, 3.05) is 31.6 Å². The maximum absolute atomic E-state index is 11.9. The van der Waals surface area contributed by atoms with E-state index in [4.69, 9.17) is 10.5 Å². The molecule has 1 amide bonds. The van der Waals surface area contributed by atoms with Crippen LogP contribution in [0.25, 0.3) is 0 Å². The highest BCUT2D eigenvalue weighted by atomic mass is 16.5. The van der Waals surface area contributed by atoms with Gasteiger partial charge in [-0.15, -0.1) is 0 Å². The van der Waals surface area contributed by atoms with Crippen LogP contribution in [0.3, 0.4) is 0 Å². The molecule has 0 bridgehead atoms. The molecule has 1 rings (SSSR count). The lowest BCUT2D eigenvalue weighted by molar-refractivity contribution is -0.118. The SMILES string of the molecule is CCN(CC)CCOc1ccc(NC(=O)[C@@H](N)C(C)C)cc1. The molecule has 0 spiro atoms. The number of nitrogens with two attached hydrogens (primary N) is 1. The number of hydrogen-bond acceptors (Lipinski definition) is 4. The largest absolute Gasteiger partial charge is 0.492 e. The number of anilines is 1. The van der Waals surface area contributed by atoms with E-state index in [1.165, 1.54) is 0 Å². The zero-order valence-corrected chi connectivity index (χ0v) is 14.1. The molecule has 0 unspecified atom stereocenters. The van der Waals surface area contributed by atoms with Gasteiger partial charge in [0.25, 0.3) is 0 Å². The van der Waals surface area contributed by atoms with Gasteiger partial charge in [0.15, 0.2) is 0 Å². The van der Waals surface area contributed by atoms with Gasteiger partial charge >= 0.3 is 0 Å². The van der Waals surface area contributed by atoms with Gasteiger partial charge in [-0.25, -0.2) is 0 Å². The second-order valence-corrected chi connectivity index (χ2v) is 5.66. The Hall–Kier alpha value is -1.59. The quantitative estimate of drug-likeness (QED) is 0.735. The van der Waals surface area contributed by atoms with Crippen LogP contribution in [-0.2, 0) is 4.79 Å². The Balaban J connectivity index is 2.44. The monoisotopic (exact) mass is 307 g/mol. The molecule has 5 heteroatoms. The molecular weight excluding hydrogens is 278 g/mol. The molecule has 0 aliphatic carbocycles. The van der Waals surface area contributed by atoms with E-state index in [-0.39, 0.29) is 11.8 Å². The zero-order chi connectivity index (χ0) is 16.5. The lowest BCUT2D eigenvalue weighted by atomic mass is 10.1. The number of ether oxygens (including phenoxy) is 1. The Labute approximate surface area is 133 Å². The first-order chi connectivity index (χ1) is 10.5. The smallest absolute Gasteiger partial charge is 0.241 e. The summed E-state index contributed by atoms with van der Waals surface area (Å²) in [6.07, 6.45) is 0. The number of carbonyl (C=O) groups excluding carboxylic acids is 1. The topological polar surface area (TPSA) is 67.6 Å². The van der Waals surface area contributed by atoms with Crippen molar-refractivity contribution in [3.8, 4) is 5.75 Å². The minimum atomic E-state index is -0.495. The van der Waals surface area contributed by atoms with Crippen molar-refractivity contribution in [1.82, 2.24) is 4.90 Å². The van der Waals surface area contributed by atoms with Crippen LogP contribution >= 0.6 is 0 Å². The third-order valence-corrected chi connectivity index (χ3v) is 3.71. The lowest BCUT2D eigenvalue weighted by Crippen LogP contribution is -2.39. The Morgan fingerprint density at radius 1 is 1.23 bits per heavy atom. The number of nitrogens with one attached hydrogen (secondary N) is 1. The molecule has 5 nitrogen and oxygen atoms in total. The average molecular weight is 307 g/mol. The number of hydrogen-bond donors (Lipinski definition) is 2. The molecule has 3 N–H and O–H groups in total. The molecule has 0 fully saturated rings. The standard InChI is InChI=1S/C17H29N3O2/c1-5-20(6-2)11-12-22-15-9-7-14(8-10-15)19-17(21)16(18)13(3)4/h7-10,13,16H,5-6,11-12,18H2,1-4H3,(H,19,21)/t16-/m0/s1. The van der Waals surface area contributed by atoms with E-state index in [9.17, 15) is 4.79 Å². The van der Waals surface area contributed by atoms with E-state index in [2.05, 4.69) is 24.1 Å². The number of benzene rings is 1. The zero-order valence-electron chi connectivity index (χ0n) is 14.1. The number of amides is 1. The molecule has 1 aromatic carbocycles. The first-order valence-corrected chi connectivity index (χ1v) is 7.99. The second kappa shape index (κ2) is 9.43. The highest BCUT2D eigenvalue weighted by Crippen LogP contribution is 2.16. The van der Waals surface area contributed by atoms with Crippen LogP contribution in [0.2, 0.25) is 0 Å². The van der Waals surface area contributed by atoms with Gasteiger partial charge in [-0.1, -0.05) is 27.7 Å². The third-order valence-electron chi connectivity index (χ3n) is 3.71. The van der Waals surface area contributed by atoms with Crippen LogP contribution in [0, 0.1) is 5.92 Å². The van der Waals surface area contributed by atoms with Gasteiger partial charge in [-0.3, -0.25) is 4.79 Å². The summed E-state index contributed by atoms with van der Waals surface area (Å²) in [5.41, 5.74) is 6.55. The molecule has 0 saturated heterocycles. The highest BCUT2D eigenvalue weighted by Gasteiger charge is 2.16. The minimum Gasteiger partial charge on any atom is -0.492 e. The summed E-state index contributed by atoms with van der Waals surface area (Å²) in [6, 6.07) is 6.89. The van der Waals surface area contributed by atoms with Crippen molar-refractivity contribution < 1.29 is 9.53 Å². The minimum absolute atomic E-state index is 0.114. The fourth-order valence-electron chi connectivity index (χ4n) is 2.00. The van der Waals surface area contributed by atoms with Crippen molar-refractivity contribution >= 4 is 11.6 Å². The summed E-state index contributed by atoms with van der Waals surface area (Å²) in [4.78, 5) is 14.2. The number of likely N-dealkylation sites (N-methyl/N-ethyl adjacent to an activating group) is 1. The molecule has 1 atom stereocenters. The summed E-state index contributed by atoms with van der Waals surface area (Å²) >= 11 is 0. The average Bonchev–Trinajstić information content (AvgIpc) is 2.52. The summed E-state index contributed by atoms with van der Waals surface area (Å²) in [5, 5.41) is 2.82. The van der Waals surface area contributed by atoms with Crippen LogP contribution in [0.5, 0.6) is 5.75 Å². The Morgan fingerprint density at radius 2 is 1.82 bits per heavy atom. The van der Waals surface area contributed by atoms with Gasteiger partial charge in [0.2, 0.25) is 5.91 Å². The van der Waals surface area contributed by atoms with Crippen molar-refractivity contribution in [3.05, 3.63) is 24.3 Å². The van der Waals surface area contributed by atoms with Gasteiger partial charge < -0.3 is 20.7 Å². The van der Waals surface area contributed by atoms with Crippen LogP contribution in [0.15, 0.2) is 24.3 Å². The Morgan fingerprint density at radius 3 is 2.32 bits per heavy atom. The van der Waals surface area contributed by atoms with Gasteiger partial charge in [-0.05, 0) is 43.3 Å². The Kier molecular flexibility index (Phi) is 7.91. The molecule has 22 heavy (non-hydrogen) atoms. The predicted molar refractivity (Wildman–Crippen MR) is 91.2 cm³/mol. The van der Waals surface area contributed by atoms with E-state index in [1.54, 1.807) is 0 Å². The summed E-state index contributed by atoms with van der Waals surface area (Å²) < 4.78 is 5.71. The first kappa shape index (κ1) is 18.5. The van der Waals surface area contributed by atoms with Gasteiger partial charge in [-0.2, -0.15) is 0 Å². The first-order valence-electron chi connectivity index (χ1n) is 7.99. The molecule has 0 aliphatic rings. The number of nitrogens with zero attached hydrogens (tertiary/aromatic N) is 1. The summed E-state index contributed by atoms with van der Waals surface area (Å²) in [5.74, 6) is 0.756. The number of carbonyl (C=O) groups is 1. The van der Waals surface area contributed by atoms with Gasteiger partial charge in [0.05, 0.1) is 6.04 Å². The van der Waals surface area contributed by atoms with Crippen molar-refractivity contribution in [1.29, 1.82) is 0 Å². The summed E-state index contributed by atoms with van der Waals surface area (Å²) in [6.45, 7) is 11.8. The normalized spacial score (nSPS) is 12.5. The molecule has 0 radical (unpaired) electrons. The highest BCUT2D eigenvalue weighted by molar-refractivity contribution is 5.94. The van der Waals surface area contributed by atoms with E-state index in [0.717, 1.165) is 31.1 Å². The molecule has 124 valence electrons. The van der Waals surface area contributed by atoms with E-state index < -0.39 is 6.04 Å². The molecule has 0 saturated carbocycles. The molecule has 0 heterocycles. The van der Waals surface area contributed by atoms with Crippen LogP contribution in [0.4, 0.5) is 5.69 Å². The number of rotatable bonds is 9. The van der Waals surface area contributed by atoms with Crippen LogP contribution < -0.4 is 15.8 Å². The van der Waals surface area contributed by atoms with Crippen molar-refractivity contribution in [3.63, 3.8) is 0 Å². The van der Waals surface area contributed by atoms with Crippen molar-refractivity contribution in [2.24, 2.45) is 11.7 Å². The van der Waals surface area contributed by atoms with Crippen molar-refractivity contribution in [2.45, 2.75) is 33.7 Å². The Bertz CT molecular complexity index is 442. The molecular formula is C17H29N3O2. The predicted octanol–water partition coefficient (Wildman–Crippen LogP) is 2.33. The van der Waals surface area contributed by atoms with Crippen LogP contribution in [-0.4, -0.2) is 43.1 Å².